The van der Waals surface area contributed by atoms with Crippen molar-refractivity contribution in [2.45, 2.75) is 44.8 Å². The Balaban J connectivity index is 1.41. The lowest BCUT2D eigenvalue weighted by molar-refractivity contribution is -0.00889. The quantitative estimate of drug-likeness (QED) is 0.898. The van der Waals surface area contributed by atoms with Gasteiger partial charge in [-0.25, -0.2) is 9.48 Å². The average Bonchev–Trinajstić information content (AvgIpc) is 3.37. The van der Waals surface area contributed by atoms with Gasteiger partial charge in [0.1, 0.15) is 0 Å². The summed E-state index contributed by atoms with van der Waals surface area (Å²) >= 11 is 0. The highest BCUT2D eigenvalue weighted by molar-refractivity contribution is 5.91. The molecule has 132 valence electrons. The number of aromatic nitrogens is 2. The number of para-hydroxylation sites is 2. The van der Waals surface area contributed by atoms with Crippen molar-refractivity contribution in [3.8, 4) is 5.69 Å². The number of nitrogens with one attached hydrogen (secondary N) is 2. The van der Waals surface area contributed by atoms with E-state index in [1.165, 1.54) is 12.8 Å². The number of amides is 2. The highest BCUT2D eigenvalue weighted by Crippen LogP contribution is 2.38. The molecule has 2 N–H and O–H groups in total. The zero-order chi connectivity index (χ0) is 17.2. The first-order chi connectivity index (χ1) is 12.2. The second-order valence-corrected chi connectivity index (χ2v) is 6.99. The van der Waals surface area contributed by atoms with Crippen LogP contribution in [0.3, 0.4) is 0 Å². The minimum Gasteiger partial charge on any atom is -0.378 e. The number of aryl methyl sites for hydroxylation is 1. The number of nitrogens with zero attached hydrogens (tertiary/aromatic N) is 2. The summed E-state index contributed by atoms with van der Waals surface area (Å²) in [5.41, 5.74) is 2.54. The van der Waals surface area contributed by atoms with Gasteiger partial charge in [-0.1, -0.05) is 12.1 Å². The standard InChI is InChI=1S/C19H24N4O2/c1-13-8-10-23(22-13)17-5-3-2-4-16(17)21-19(24)20-15-9-11-25-18(12-15)14-6-7-14/h2-5,8,10,14-15,18H,6-7,9,11-12H2,1H3,(H2,20,21,24). The van der Waals surface area contributed by atoms with Crippen LogP contribution in [0, 0.1) is 12.8 Å². The summed E-state index contributed by atoms with van der Waals surface area (Å²) in [5.74, 6) is 0.705. The van der Waals surface area contributed by atoms with Gasteiger partial charge in [0, 0.05) is 18.8 Å². The number of carbonyl (C=O) groups excluding carboxylic acids is 1. The maximum absolute atomic E-state index is 12.5. The van der Waals surface area contributed by atoms with Gasteiger partial charge >= 0.3 is 6.03 Å². The maximum Gasteiger partial charge on any atom is 0.319 e. The van der Waals surface area contributed by atoms with Crippen LogP contribution in [0.1, 0.15) is 31.4 Å². The van der Waals surface area contributed by atoms with E-state index in [0.29, 0.717) is 12.0 Å². The molecular formula is C19H24N4O2. The molecule has 4 rings (SSSR count). The number of hydrogen-bond donors (Lipinski definition) is 2. The molecule has 1 aliphatic carbocycles. The van der Waals surface area contributed by atoms with Gasteiger partial charge in [-0.2, -0.15) is 5.10 Å². The van der Waals surface area contributed by atoms with Gasteiger partial charge in [0.2, 0.25) is 0 Å². The van der Waals surface area contributed by atoms with Crippen molar-refractivity contribution in [2.24, 2.45) is 5.92 Å². The Kier molecular flexibility index (Phi) is 4.44. The molecule has 2 atom stereocenters. The van der Waals surface area contributed by atoms with Gasteiger partial charge in [0.05, 0.1) is 23.2 Å². The van der Waals surface area contributed by atoms with E-state index >= 15 is 0 Å². The van der Waals surface area contributed by atoms with Crippen molar-refractivity contribution in [1.82, 2.24) is 15.1 Å². The first-order valence-corrected chi connectivity index (χ1v) is 9.00. The molecule has 6 nitrogen and oxygen atoms in total. The van der Waals surface area contributed by atoms with Crippen molar-refractivity contribution in [3.63, 3.8) is 0 Å². The Hall–Kier alpha value is -2.34. The van der Waals surface area contributed by atoms with Gasteiger partial charge in [-0.15, -0.1) is 0 Å². The zero-order valence-electron chi connectivity index (χ0n) is 14.4. The van der Waals surface area contributed by atoms with Crippen LogP contribution in [0.15, 0.2) is 36.5 Å². The van der Waals surface area contributed by atoms with Crippen LogP contribution in [-0.2, 0) is 4.74 Å². The molecule has 25 heavy (non-hydrogen) atoms. The van der Waals surface area contributed by atoms with Crippen molar-refractivity contribution in [2.75, 3.05) is 11.9 Å². The number of hydrogen-bond acceptors (Lipinski definition) is 3. The third kappa shape index (κ3) is 3.85. The summed E-state index contributed by atoms with van der Waals surface area (Å²) in [6.07, 6.45) is 6.53. The Morgan fingerprint density at radius 2 is 2.08 bits per heavy atom. The SMILES string of the molecule is Cc1ccn(-c2ccccc2NC(=O)NC2CCOC(C3CC3)C2)n1. The van der Waals surface area contributed by atoms with E-state index in [-0.39, 0.29) is 12.1 Å². The topological polar surface area (TPSA) is 68.2 Å². The van der Waals surface area contributed by atoms with Crippen LogP contribution in [0.4, 0.5) is 10.5 Å². The Morgan fingerprint density at radius 1 is 1.24 bits per heavy atom. The molecule has 0 bridgehead atoms. The lowest BCUT2D eigenvalue weighted by Crippen LogP contribution is -2.44. The molecule has 2 aromatic rings. The van der Waals surface area contributed by atoms with Crippen LogP contribution in [-0.4, -0.2) is 34.6 Å². The molecule has 2 heterocycles. The molecule has 0 spiro atoms. The summed E-state index contributed by atoms with van der Waals surface area (Å²) in [5, 5.41) is 10.5. The molecule has 2 unspecified atom stereocenters. The molecule has 2 aliphatic rings. The summed E-state index contributed by atoms with van der Waals surface area (Å²) in [6.45, 7) is 2.68. The van der Waals surface area contributed by atoms with E-state index in [1.807, 2.05) is 43.5 Å². The van der Waals surface area contributed by atoms with Crippen molar-refractivity contribution < 1.29 is 9.53 Å². The van der Waals surface area contributed by atoms with Crippen LogP contribution in [0.25, 0.3) is 5.69 Å². The minimum atomic E-state index is -0.169. The van der Waals surface area contributed by atoms with E-state index in [9.17, 15) is 4.79 Å². The second-order valence-electron chi connectivity index (χ2n) is 6.99. The summed E-state index contributed by atoms with van der Waals surface area (Å²) in [6, 6.07) is 9.64. The largest absolute Gasteiger partial charge is 0.378 e. The van der Waals surface area contributed by atoms with Crippen molar-refractivity contribution >= 4 is 11.7 Å². The van der Waals surface area contributed by atoms with Crippen LogP contribution in [0.2, 0.25) is 0 Å². The molecule has 6 heteroatoms. The Bertz CT molecular complexity index is 753. The molecular weight excluding hydrogens is 316 g/mol. The smallest absolute Gasteiger partial charge is 0.319 e. The van der Waals surface area contributed by atoms with Gasteiger partial charge in [0.25, 0.3) is 0 Å². The van der Waals surface area contributed by atoms with Gasteiger partial charge in [-0.05, 0) is 56.7 Å². The number of urea groups is 1. The van der Waals surface area contributed by atoms with Crippen molar-refractivity contribution in [3.05, 3.63) is 42.2 Å². The molecule has 1 saturated heterocycles. The van der Waals surface area contributed by atoms with Gasteiger partial charge in [-0.3, -0.25) is 0 Å². The number of benzene rings is 1. The number of anilines is 1. The van der Waals surface area contributed by atoms with E-state index in [0.717, 1.165) is 36.5 Å². The predicted octanol–water partition coefficient (Wildman–Crippen LogP) is 3.26. The molecule has 1 saturated carbocycles. The van der Waals surface area contributed by atoms with E-state index in [2.05, 4.69) is 15.7 Å². The monoisotopic (exact) mass is 340 g/mol. The van der Waals surface area contributed by atoms with Gasteiger partial charge in [0.15, 0.2) is 0 Å². The molecule has 1 aliphatic heterocycles. The highest BCUT2D eigenvalue weighted by Gasteiger charge is 2.36. The normalized spacial score (nSPS) is 23.2. The fourth-order valence-corrected chi connectivity index (χ4v) is 3.43. The van der Waals surface area contributed by atoms with Crippen LogP contribution in [0.5, 0.6) is 0 Å². The van der Waals surface area contributed by atoms with E-state index in [4.69, 9.17) is 4.74 Å². The third-order valence-corrected chi connectivity index (χ3v) is 4.92. The fraction of sp³-hybridized carbons (Fsp3) is 0.474. The zero-order valence-corrected chi connectivity index (χ0v) is 14.4. The Labute approximate surface area is 147 Å². The van der Waals surface area contributed by atoms with Crippen LogP contribution >= 0.6 is 0 Å². The highest BCUT2D eigenvalue weighted by atomic mass is 16.5. The molecule has 1 aromatic carbocycles. The first kappa shape index (κ1) is 16.1. The fourth-order valence-electron chi connectivity index (χ4n) is 3.43. The Morgan fingerprint density at radius 3 is 2.84 bits per heavy atom. The summed E-state index contributed by atoms with van der Waals surface area (Å²) in [4.78, 5) is 12.5. The molecule has 2 amide bonds. The van der Waals surface area contributed by atoms with E-state index in [1.54, 1.807) is 4.68 Å². The van der Waals surface area contributed by atoms with Gasteiger partial charge < -0.3 is 15.4 Å². The number of ether oxygens (including phenoxy) is 1. The summed E-state index contributed by atoms with van der Waals surface area (Å²) < 4.78 is 7.61. The second kappa shape index (κ2) is 6.88. The average molecular weight is 340 g/mol. The maximum atomic E-state index is 12.5. The lowest BCUT2D eigenvalue weighted by atomic mass is 10.0. The minimum absolute atomic E-state index is 0.169. The predicted molar refractivity (Wildman–Crippen MR) is 95.9 cm³/mol. The van der Waals surface area contributed by atoms with Crippen molar-refractivity contribution in [1.29, 1.82) is 0 Å². The first-order valence-electron chi connectivity index (χ1n) is 9.00. The number of rotatable bonds is 4. The third-order valence-electron chi connectivity index (χ3n) is 4.92. The summed E-state index contributed by atoms with van der Waals surface area (Å²) in [7, 11) is 0. The molecule has 2 fully saturated rings. The van der Waals surface area contributed by atoms with Crippen LogP contribution < -0.4 is 10.6 Å². The molecule has 0 radical (unpaired) electrons. The number of carbonyl (C=O) groups is 1. The van der Waals surface area contributed by atoms with E-state index < -0.39 is 0 Å². The lowest BCUT2D eigenvalue weighted by Gasteiger charge is -2.30. The molecule has 1 aromatic heterocycles.